The van der Waals surface area contributed by atoms with Gasteiger partial charge in [0.2, 0.25) is 5.91 Å². The number of hydrogen-bond donors (Lipinski definition) is 0. The topological polar surface area (TPSA) is 80.6 Å². The molecule has 5 heterocycles. The normalized spacial score (nSPS) is 26.7. The first kappa shape index (κ1) is 24.9. The van der Waals surface area contributed by atoms with Crippen LogP contribution < -0.4 is 0 Å². The molecule has 1 amide bonds. The Kier molecular flexibility index (Phi) is 6.90. The van der Waals surface area contributed by atoms with E-state index >= 15 is 0 Å². The number of esters is 1. The zero-order chi connectivity index (χ0) is 25.4. The first-order valence-corrected chi connectivity index (χ1v) is 13.3. The first-order chi connectivity index (χ1) is 17.2. The second-order valence-corrected chi connectivity index (χ2v) is 11.8. The van der Waals surface area contributed by atoms with Crippen molar-refractivity contribution in [1.82, 2.24) is 24.8 Å². The summed E-state index contributed by atoms with van der Waals surface area (Å²) in [5.41, 5.74) is 3.42. The summed E-state index contributed by atoms with van der Waals surface area (Å²) in [6.07, 6.45) is 5.55. The zero-order valence-electron chi connectivity index (χ0n) is 22.0. The van der Waals surface area contributed by atoms with Gasteiger partial charge in [-0.1, -0.05) is 50.3 Å². The molecule has 8 heteroatoms. The number of benzene rings is 1. The third-order valence-electron chi connectivity index (χ3n) is 8.52. The summed E-state index contributed by atoms with van der Waals surface area (Å²) in [7, 11) is 1.44. The van der Waals surface area contributed by atoms with Crippen LogP contribution in [0.4, 0.5) is 0 Å². The molecule has 1 aromatic carbocycles. The average molecular weight is 494 g/mol. The fourth-order valence-electron chi connectivity index (χ4n) is 6.22. The molecule has 2 unspecified atom stereocenters. The Morgan fingerprint density at radius 3 is 2.39 bits per heavy atom. The Balaban J connectivity index is 1.17. The number of rotatable bonds is 5. The summed E-state index contributed by atoms with van der Waals surface area (Å²) in [5.74, 6) is 0.536. The molecule has 6 rings (SSSR count). The van der Waals surface area contributed by atoms with Crippen molar-refractivity contribution in [2.45, 2.75) is 64.5 Å². The van der Waals surface area contributed by atoms with E-state index < -0.39 is 0 Å². The van der Waals surface area contributed by atoms with Crippen LogP contribution in [0, 0.1) is 17.8 Å². The Bertz CT molecular complexity index is 1080. The molecule has 4 aliphatic heterocycles. The maximum absolute atomic E-state index is 13.4. The third-order valence-corrected chi connectivity index (χ3v) is 8.52. The molecule has 1 aromatic heterocycles. The second-order valence-electron chi connectivity index (χ2n) is 11.8. The van der Waals surface area contributed by atoms with Gasteiger partial charge in [-0.25, -0.2) is 0 Å². The number of carbonyl (C=O) groups is 2. The predicted molar refractivity (Wildman–Crippen MR) is 137 cm³/mol. The van der Waals surface area contributed by atoms with Crippen molar-refractivity contribution >= 4 is 11.9 Å². The highest BCUT2D eigenvalue weighted by molar-refractivity contribution is 5.80. The number of ether oxygens (including phenoxy) is 1. The van der Waals surface area contributed by atoms with Gasteiger partial charge in [-0.2, -0.15) is 0 Å². The monoisotopic (exact) mass is 493 g/mol. The maximum atomic E-state index is 13.4. The highest BCUT2D eigenvalue weighted by Crippen LogP contribution is 2.38. The number of amides is 1. The van der Waals surface area contributed by atoms with Crippen molar-refractivity contribution in [2.24, 2.45) is 17.8 Å². The summed E-state index contributed by atoms with van der Waals surface area (Å²) in [6.45, 7) is 10.6. The van der Waals surface area contributed by atoms with Crippen molar-refractivity contribution in [3.8, 4) is 11.3 Å². The van der Waals surface area contributed by atoms with Gasteiger partial charge in [0.1, 0.15) is 5.69 Å². The number of piperidine rings is 4. The molecule has 0 spiro atoms. The van der Waals surface area contributed by atoms with Gasteiger partial charge in [-0.05, 0) is 49.1 Å². The van der Waals surface area contributed by atoms with Gasteiger partial charge in [0.25, 0.3) is 0 Å². The highest BCUT2D eigenvalue weighted by atomic mass is 16.5. The summed E-state index contributed by atoms with van der Waals surface area (Å²) in [5, 5.41) is 8.86. The van der Waals surface area contributed by atoms with Crippen LogP contribution in [0.2, 0.25) is 0 Å². The number of methoxy groups -OCH3 is 1. The van der Waals surface area contributed by atoms with E-state index in [1.807, 2.05) is 15.8 Å². The maximum Gasteiger partial charge on any atom is 0.308 e. The molecule has 2 aromatic rings. The van der Waals surface area contributed by atoms with Crippen LogP contribution in [-0.4, -0.2) is 76.0 Å². The predicted octanol–water partition coefficient (Wildman–Crippen LogP) is 3.36. The fraction of sp³-hybridized carbons (Fsp3) is 0.643. The van der Waals surface area contributed by atoms with Crippen molar-refractivity contribution in [3.05, 3.63) is 36.0 Å². The van der Waals surface area contributed by atoms with Crippen LogP contribution in [-0.2, 0) is 26.3 Å². The van der Waals surface area contributed by atoms with E-state index in [9.17, 15) is 9.59 Å². The van der Waals surface area contributed by atoms with Crippen LogP contribution in [0.3, 0.4) is 0 Å². The molecule has 0 saturated carbocycles. The van der Waals surface area contributed by atoms with Gasteiger partial charge in [0, 0.05) is 31.2 Å². The van der Waals surface area contributed by atoms with Crippen molar-refractivity contribution in [2.75, 3.05) is 33.3 Å². The van der Waals surface area contributed by atoms with Crippen molar-refractivity contribution < 1.29 is 14.3 Å². The largest absolute Gasteiger partial charge is 0.469 e. The molecule has 0 radical (unpaired) electrons. The van der Waals surface area contributed by atoms with Gasteiger partial charge in [-0.3, -0.25) is 19.2 Å². The smallest absolute Gasteiger partial charge is 0.308 e. The lowest BCUT2D eigenvalue weighted by Crippen LogP contribution is -2.59. The van der Waals surface area contributed by atoms with Crippen LogP contribution in [0.15, 0.2) is 30.5 Å². The molecule has 0 aliphatic carbocycles. The van der Waals surface area contributed by atoms with Crippen LogP contribution in [0.5, 0.6) is 0 Å². The van der Waals surface area contributed by atoms with E-state index in [0.717, 1.165) is 43.7 Å². The lowest BCUT2D eigenvalue weighted by molar-refractivity contribution is -0.152. The van der Waals surface area contributed by atoms with Gasteiger partial charge in [0.15, 0.2) is 0 Å². The SMILES string of the molecule is COC(=O)C1CCN(C(=O)[C@H]2CN3CCC2C[C@@H]3Cn2cc(-c3ccc(C(C)(C)C)cc3)nn2)CC1. The number of nitrogens with zero attached hydrogens (tertiary/aromatic N) is 5. The number of fused-ring (bicyclic) bond motifs is 3. The second kappa shape index (κ2) is 9.96. The summed E-state index contributed by atoms with van der Waals surface area (Å²) >= 11 is 0. The molecule has 2 bridgehead atoms. The van der Waals surface area contributed by atoms with E-state index in [1.165, 1.54) is 12.7 Å². The van der Waals surface area contributed by atoms with Crippen molar-refractivity contribution in [1.29, 1.82) is 0 Å². The fourth-order valence-corrected chi connectivity index (χ4v) is 6.22. The van der Waals surface area contributed by atoms with Crippen LogP contribution >= 0.6 is 0 Å². The molecule has 36 heavy (non-hydrogen) atoms. The minimum absolute atomic E-state index is 0.0670. The standard InChI is InChI=1S/C28H39N5O3/c1-28(2,3)22-7-5-19(6-8-22)25-18-33(30-29-25)16-23-15-21-11-14-32(23)17-24(21)26(34)31-12-9-20(10-13-31)27(35)36-4/h5-8,18,20-21,23-24H,9-17H2,1-4H3/t21?,23-,24+/m1/s1. The Morgan fingerprint density at radius 1 is 1.06 bits per heavy atom. The van der Waals surface area contributed by atoms with Gasteiger partial charge >= 0.3 is 5.97 Å². The van der Waals surface area contributed by atoms with E-state index in [2.05, 4.69) is 60.2 Å². The lowest BCUT2D eigenvalue weighted by atomic mass is 9.74. The summed E-state index contributed by atoms with van der Waals surface area (Å²) in [6, 6.07) is 9.00. The molecule has 194 valence electrons. The minimum atomic E-state index is -0.147. The van der Waals surface area contributed by atoms with Crippen molar-refractivity contribution in [3.63, 3.8) is 0 Å². The van der Waals surface area contributed by atoms with Gasteiger partial charge in [0.05, 0.1) is 31.7 Å². The van der Waals surface area contributed by atoms with E-state index in [-0.39, 0.29) is 29.1 Å². The van der Waals surface area contributed by atoms with Crippen LogP contribution in [0.25, 0.3) is 11.3 Å². The zero-order valence-corrected chi connectivity index (χ0v) is 22.0. The average Bonchev–Trinajstić information content (AvgIpc) is 3.36. The number of likely N-dealkylation sites (tertiary alicyclic amines) is 1. The molecule has 4 saturated heterocycles. The van der Waals surface area contributed by atoms with Gasteiger partial charge in [-0.15, -0.1) is 5.10 Å². The molecule has 0 N–H and O–H groups in total. The lowest BCUT2D eigenvalue weighted by Gasteiger charge is -2.50. The van der Waals surface area contributed by atoms with E-state index in [4.69, 9.17) is 4.74 Å². The number of aromatic nitrogens is 3. The minimum Gasteiger partial charge on any atom is -0.469 e. The quantitative estimate of drug-likeness (QED) is 0.594. The molecular weight excluding hydrogens is 454 g/mol. The Morgan fingerprint density at radius 2 is 1.78 bits per heavy atom. The molecule has 8 nitrogen and oxygen atoms in total. The Hall–Kier alpha value is -2.74. The van der Waals surface area contributed by atoms with E-state index in [1.54, 1.807) is 0 Å². The molecular formula is C28H39N5O3. The molecule has 4 aliphatic rings. The first-order valence-electron chi connectivity index (χ1n) is 13.3. The Labute approximate surface area is 214 Å². The van der Waals surface area contributed by atoms with E-state index in [0.29, 0.717) is 37.9 Å². The number of hydrogen-bond acceptors (Lipinski definition) is 6. The van der Waals surface area contributed by atoms with Crippen LogP contribution in [0.1, 0.15) is 52.0 Å². The van der Waals surface area contributed by atoms with Gasteiger partial charge < -0.3 is 9.64 Å². The highest BCUT2D eigenvalue weighted by Gasteiger charge is 2.45. The molecule has 4 atom stereocenters. The summed E-state index contributed by atoms with van der Waals surface area (Å²) < 4.78 is 6.85. The summed E-state index contributed by atoms with van der Waals surface area (Å²) in [4.78, 5) is 29.6. The number of carbonyl (C=O) groups excluding carboxylic acids is 2. The third kappa shape index (κ3) is 5.05. The molecule has 4 fully saturated rings.